The Morgan fingerprint density at radius 3 is 2.54 bits per heavy atom. The number of nitrogens with zero attached hydrogens (tertiary/aromatic N) is 3. The van der Waals surface area contributed by atoms with Gasteiger partial charge >= 0.3 is 0 Å². The van der Waals surface area contributed by atoms with Gasteiger partial charge in [-0.25, -0.2) is 4.98 Å². The van der Waals surface area contributed by atoms with E-state index in [2.05, 4.69) is 15.3 Å². The highest BCUT2D eigenvalue weighted by molar-refractivity contribution is 5.88. The summed E-state index contributed by atoms with van der Waals surface area (Å²) < 4.78 is 10.7. The van der Waals surface area contributed by atoms with Crippen molar-refractivity contribution in [2.45, 2.75) is 25.7 Å². The number of amides is 2. The van der Waals surface area contributed by atoms with E-state index in [1.807, 2.05) is 4.90 Å². The molecule has 1 aliphatic rings. The van der Waals surface area contributed by atoms with Crippen LogP contribution in [0.3, 0.4) is 0 Å². The molecule has 1 fully saturated rings. The lowest BCUT2D eigenvalue weighted by Crippen LogP contribution is -2.39. The topological polar surface area (TPSA) is 93.6 Å². The Morgan fingerprint density at radius 2 is 1.89 bits per heavy atom. The Morgan fingerprint density at radius 1 is 1.18 bits per heavy atom. The third-order valence-electron chi connectivity index (χ3n) is 4.56. The summed E-state index contributed by atoms with van der Waals surface area (Å²) >= 11 is 0. The van der Waals surface area contributed by atoms with Gasteiger partial charge in [0.25, 0.3) is 0 Å². The quantitative estimate of drug-likeness (QED) is 0.823. The highest BCUT2D eigenvalue weighted by atomic mass is 16.5. The van der Waals surface area contributed by atoms with Crippen LogP contribution in [0.15, 0.2) is 36.7 Å². The number of methoxy groups -OCH3 is 1. The second-order valence-corrected chi connectivity index (χ2v) is 6.68. The van der Waals surface area contributed by atoms with E-state index in [0.717, 1.165) is 18.5 Å². The van der Waals surface area contributed by atoms with Gasteiger partial charge in [0.1, 0.15) is 12.4 Å². The lowest BCUT2D eigenvalue weighted by Gasteiger charge is -2.31. The van der Waals surface area contributed by atoms with E-state index in [-0.39, 0.29) is 24.3 Å². The largest absolute Gasteiger partial charge is 0.437 e. The van der Waals surface area contributed by atoms with Gasteiger partial charge in [-0.15, -0.1) is 0 Å². The predicted octanol–water partition coefficient (Wildman–Crippen LogP) is 2.58. The number of aromatic nitrogens is 2. The summed E-state index contributed by atoms with van der Waals surface area (Å²) in [6.45, 7) is 2.95. The molecule has 1 aliphatic heterocycles. The van der Waals surface area contributed by atoms with Crippen molar-refractivity contribution in [3.05, 3.63) is 42.4 Å². The number of hydrogen-bond acceptors (Lipinski definition) is 6. The first-order valence-electron chi connectivity index (χ1n) is 9.19. The molecule has 0 radical (unpaired) electrons. The van der Waals surface area contributed by atoms with Crippen LogP contribution in [-0.4, -0.2) is 53.5 Å². The van der Waals surface area contributed by atoms with Crippen molar-refractivity contribution in [3.8, 4) is 11.6 Å². The summed E-state index contributed by atoms with van der Waals surface area (Å²) in [7, 11) is 1.53. The van der Waals surface area contributed by atoms with Crippen LogP contribution >= 0.6 is 0 Å². The Bertz CT molecular complexity index is 817. The highest BCUT2D eigenvalue weighted by Gasteiger charge is 2.25. The monoisotopic (exact) mass is 384 g/mol. The van der Waals surface area contributed by atoms with Crippen molar-refractivity contribution < 1.29 is 19.1 Å². The molecule has 2 amide bonds. The summed E-state index contributed by atoms with van der Waals surface area (Å²) in [6.07, 6.45) is 4.99. The SMILES string of the molecule is COCC(=O)N1CCC(c2cncc(Oc3ccc(NC(C)=O)cc3)n2)CC1. The Balaban J connectivity index is 1.60. The van der Waals surface area contributed by atoms with Gasteiger partial charge in [-0.05, 0) is 37.1 Å². The molecular formula is C20H24N4O4. The zero-order valence-electron chi connectivity index (χ0n) is 16.1. The van der Waals surface area contributed by atoms with Gasteiger partial charge in [0.15, 0.2) is 0 Å². The van der Waals surface area contributed by atoms with Crippen LogP contribution in [0.4, 0.5) is 5.69 Å². The second kappa shape index (κ2) is 9.27. The lowest BCUT2D eigenvalue weighted by atomic mass is 9.94. The predicted molar refractivity (Wildman–Crippen MR) is 103 cm³/mol. The minimum Gasteiger partial charge on any atom is -0.437 e. The fraction of sp³-hybridized carbons (Fsp3) is 0.400. The maximum absolute atomic E-state index is 11.9. The summed E-state index contributed by atoms with van der Waals surface area (Å²) in [4.78, 5) is 33.7. The normalized spacial score (nSPS) is 14.6. The molecule has 1 N–H and O–H groups in total. The van der Waals surface area contributed by atoms with Crippen LogP contribution in [0.2, 0.25) is 0 Å². The number of likely N-dealkylation sites (tertiary alicyclic amines) is 1. The van der Waals surface area contributed by atoms with Crippen molar-refractivity contribution in [2.24, 2.45) is 0 Å². The average Bonchev–Trinajstić information content (AvgIpc) is 2.70. The molecule has 28 heavy (non-hydrogen) atoms. The van der Waals surface area contributed by atoms with Crippen LogP contribution in [0, 0.1) is 0 Å². The third kappa shape index (κ3) is 5.26. The van der Waals surface area contributed by atoms with E-state index in [9.17, 15) is 9.59 Å². The number of carbonyl (C=O) groups excluding carboxylic acids is 2. The molecule has 1 aromatic heterocycles. The zero-order chi connectivity index (χ0) is 19.9. The Hall–Kier alpha value is -3.00. The standard InChI is InChI=1S/C20H24N4O4/c1-14(25)22-16-3-5-17(6-4-16)28-19-12-21-11-18(23-19)15-7-9-24(10-8-15)20(26)13-27-2/h3-6,11-12,15H,7-10,13H2,1-2H3,(H,22,25). The molecule has 0 bridgehead atoms. The van der Waals surface area contributed by atoms with E-state index in [1.165, 1.54) is 14.0 Å². The molecule has 1 aromatic carbocycles. The molecular weight excluding hydrogens is 360 g/mol. The van der Waals surface area contributed by atoms with Gasteiger partial charge in [-0.1, -0.05) is 0 Å². The van der Waals surface area contributed by atoms with E-state index in [1.54, 1.807) is 36.7 Å². The number of benzene rings is 1. The molecule has 0 spiro atoms. The van der Waals surface area contributed by atoms with Gasteiger partial charge in [0.05, 0.1) is 11.9 Å². The molecule has 1 saturated heterocycles. The van der Waals surface area contributed by atoms with E-state index >= 15 is 0 Å². The molecule has 148 valence electrons. The fourth-order valence-corrected chi connectivity index (χ4v) is 3.18. The molecule has 0 atom stereocenters. The van der Waals surface area contributed by atoms with Gasteiger partial charge in [-0.2, -0.15) is 0 Å². The fourth-order valence-electron chi connectivity index (χ4n) is 3.18. The smallest absolute Gasteiger partial charge is 0.248 e. The van der Waals surface area contributed by atoms with Crippen molar-refractivity contribution in [3.63, 3.8) is 0 Å². The molecule has 2 aromatic rings. The first-order chi connectivity index (χ1) is 13.5. The summed E-state index contributed by atoms with van der Waals surface area (Å²) in [5.41, 5.74) is 1.57. The van der Waals surface area contributed by atoms with E-state index in [0.29, 0.717) is 30.4 Å². The zero-order valence-corrected chi connectivity index (χ0v) is 16.1. The summed E-state index contributed by atoms with van der Waals surface area (Å²) in [6, 6.07) is 7.06. The summed E-state index contributed by atoms with van der Waals surface area (Å²) in [5.74, 6) is 1.17. The van der Waals surface area contributed by atoms with Gasteiger partial charge < -0.3 is 19.7 Å². The number of carbonyl (C=O) groups is 2. The van der Waals surface area contributed by atoms with Crippen molar-refractivity contribution in [1.29, 1.82) is 0 Å². The van der Waals surface area contributed by atoms with Gasteiger partial charge in [0, 0.05) is 44.9 Å². The average molecular weight is 384 g/mol. The number of nitrogens with one attached hydrogen (secondary N) is 1. The van der Waals surface area contributed by atoms with Crippen LogP contribution in [0.5, 0.6) is 11.6 Å². The van der Waals surface area contributed by atoms with Crippen LogP contribution in [0.25, 0.3) is 0 Å². The summed E-state index contributed by atoms with van der Waals surface area (Å²) in [5, 5.41) is 2.71. The number of rotatable bonds is 6. The molecule has 0 aliphatic carbocycles. The number of hydrogen-bond donors (Lipinski definition) is 1. The minimum atomic E-state index is -0.123. The van der Waals surface area contributed by atoms with E-state index < -0.39 is 0 Å². The Labute approximate surface area is 163 Å². The maximum atomic E-state index is 11.9. The van der Waals surface area contributed by atoms with Crippen molar-refractivity contribution in [2.75, 3.05) is 32.1 Å². The molecule has 0 unspecified atom stereocenters. The van der Waals surface area contributed by atoms with Crippen LogP contribution in [0.1, 0.15) is 31.4 Å². The van der Waals surface area contributed by atoms with E-state index in [4.69, 9.17) is 9.47 Å². The van der Waals surface area contributed by atoms with Gasteiger partial charge in [0.2, 0.25) is 17.7 Å². The highest BCUT2D eigenvalue weighted by Crippen LogP contribution is 2.28. The lowest BCUT2D eigenvalue weighted by molar-refractivity contribution is -0.136. The molecule has 3 rings (SSSR count). The minimum absolute atomic E-state index is 0.0202. The number of piperidine rings is 1. The first-order valence-corrected chi connectivity index (χ1v) is 9.19. The molecule has 8 nitrogen and oxygen atoms in total. The van der Waals surface area contributed by atoms with Crippen LogP contribution < -0.4 is 10.1 Å². The first kappa shape index (κ1) is 19.8. The van der Waals surface area contributed by atoms with Crippen LogP contribution in [-0.2, 0) is 14.3 Å². The second-order valence-electron chi connectivity index (χ2n) is 6.68. The van der Waals surface area contributed by atoms with Crippen molar-refractivity contribution in [1.82, 2.24) is 14.9 Å². The van der Waals surface area contributed by atoms with Gasteiger partial charge in [-0.3, -0.25) is 14.6 Å². The molecule has 2 heterocycles. The molecule has 8 heteroatoms. The third-order valence-corrected chi connectivity index (χ3v) is 4.56. The van der Waals surface area contributed by atoms with Crippen molar-refractivity contribution >= 4 is 17.5 Å². The number of ether oxygens (including phenoxy) is 2. The Kier molecular flexibility index (Phi) is 6.54. The number of anilines is 1. The molecule has 0 saturated carbocycles. The maximum Gasteiger partial charge on any atom is 0.248 e.